The van der Waals surface area contributed by atoms with E-state index in [2.05, 4.69) is 24.5 Å². The van der Waals surface area contributed by atoms with Crippen LogP contribution in [-0.4, -0.2) is 18.9 Å². The van der Waals surface area contributed by atoms with Gasteiger partial charge in [0.15, 0.2) is 0 Å². The second kappa shape index (κ2) is 8.05. The summed E-state index contributed by atoms with van der Waals surface area (Å²) in [6.07, 6.45) is 1.14. The highest BCUT2D eigenvalue weighted by atomic mass is 16.5. The maximum absolute atomic E-state index is 13.0. The highest BCUT2D eigenvalue weighted by Gasteiger charge is 2.56. The zero-order valence-corrected chi connectivity index (χ0v) is 17.0. The monoisotopic (exact) mass is 380 g/mol. The largest absolute Gasteiger partial charge is 0.496 e. The van der Waals surface area contributed by atoms with Gasteiger partial charge in [-0.2, -0.15) is 0 Å². The van der Waals surface area contributed by atoms with Crippen LogP contribution in [0.15, 0.2) is 42.5 Å². The fraction of sp³-hybridized carbons (Fsp3) is 0.391. The van der Waals surface area contributed by atoms with Crippen molar-refractivity contribution in [3.63, 3.8) is 0 Å². The van der Waals surface area contributed by atoms with Crippen LogP contribution in [0.4, 0.5) is 5.69 Å². The molecule has 148 valence electrons. The third-order valence-electron chi connectivity index (χ3n) is 5.42. The summed E-state index contributed by atoms with van der Waals surface area (Å²) in [5.74, 6) is 0.556. The van der Waals surface area contributed by atoms with E-state index < -0.39 is 5.41 Å². The van der Waals surface area contributed by atoms with Crippen molar-refractivity contribution < 1.29 is 14.3 Å². The first kappa shape index (κ1) is 19.9. The molecule has 0 atom stereocenters. The second-order valence-electron chi connectivity index (χ2n) is 7.72. The number of hydrogen-bond donors (Lipinski definition) is 2. The topological polar surface area (TPSA) is 67.4 Å². The third-order valence-corrected chi connectivity index (χ3v) is 5.42. The van der Waals surface area contributed by atoms with E-state index in [9.17, 15) is 9.59 Å². The summed E-state index contributed by atoms with van der Waals surface area (Å²) in [6.45, 7) is 6.50. The number of aryl methyl sites for hydroxylation is 1. The quantitative estimate of drug-likeness (QED) is 0.709. The minimum absolute atomic E-state index is 0.221. The number of para-hydroxylation sites is 2. The highest BCUT2D eigenvalue weighted by Crippen LogP contribution is 2.47. The molecule has 0 bridgehead atoms. The molecule has 0 saturated heterocycles. The van der Waals surface area contributed by atoms with Crippen molar-refractivity contribution >= 4 is 17.5 Å². The summed E-state index contributed by atoms with van der Waals surface area (Å²) in [4.78, 5) is 25.8. The molecule has 1 aliphatic carbocycles. The van der Waals surface area contributed by atoms with Gasteiger partial charge in [-0.05, 0) is 42.9 Å². The van der Waals surface area contributed by atoms with Gasteiger partial charge in [-0.1, -0.05) is 50.2 Å². The Hall–Kier alpha value is -2.82. The lowest BCUT2D eigenvalue weighted by molar-refractivity contribution is -0.134. The van der Waals surface area contributed by atoms with Crippen molar-refractivity contribution in [3.8, 4) is 5.75 Å². The van der Waals surface area contributed by atoms with Gasteiger partial charge in [0, 0.05) is 17.8 Å². The lowest BCUT2D eigenvalue weighted by atomic mass is 9.97. The van der Waals surface area contributed by atoms with Crippen LogP contribution in [0.3, 0.4) is 0 Å². The fourth-order valence-electron chi connectivity index (χ4n) is 3.45. The summed E-state index contributed by atoms with van der Waals surface area (Å²) in [6, 6.07) is 13.5. The molecule has 1 fully saturated rings. The normalized spacial score (nSPS) is 14.5. The van der Waals surface area contributed by atoms with Crippen LogP contribution in [-0.2, 0) is 16.1 Å². The summed E-state index contributed by atoms with van der Waals surface area (Å²) in [5.41, 5.74) is 2.82. The van der Waals surface area contributed by atoms with Gasteiger partial charge in [0.1, 0.15) is 11.2 Å². The van der Waals surface area contributed by atoms with Crippen LogP contribution >= 0.6 is 0 Å². The Labute approximate surface area is 166 Å². The van der Waals surface area contributed by atoms with Crippen molar-refractivity contribution in [2.45, 2.75) is 46.1 Å². The molecular formula is C23H28N2O3. The summed E-state index contributed by atoms with van der Waals surface area (Å²) in [5, 5.41) is 5.96. The number of carbonyl (C=O) groups is 2. The van der Waals surface area contributed by atoms with Gasteiger partial charge in [-0.25, -0.2) is 0 Å². The zero-order chi connectivity index (χ0) is 20.3. The van der Waals surface area contributed by atoms with Crippen LogP contribution in [0, 0.1) is 12.3 Å². The van der Waals surface area contributed by atoms with Crippen molar-refractivity contribution in [3.05, 3.63) is 59.2 Å². The van der Waals surface area contributed by atoms with E-state index in [0.29, 0.717) is 19.4 Å². The number of anilines is 1. The van der Waals surface area contributed by atoms with Crippen LogP contribution < -0.4 is 15.4 Å². The van der Waals surface area contributed by atoms with E-state index in [0.717, 1.165) is 28.1 Å². The van der Waals surface area contributed by atoms with E-state index in [-0.39, 0.29) is 17.7 Å². The van der Waals surface area contributed by atoms with E-state index in [1.54, 1.807) is 7.11 Å². The third kappa shape index (κ3) is 3.88. The smallest absolute Gasteiger partial charge is 0.240 e. The molecule has 5 nitrogen and oxygen atoms in total. The molecule has 5 heteroatoms. The Bertz CT molecular complexity index is 885. The molecule has 0 heterocycles. The number of nitrogens with one attached hydrogen (secondary N) is 2. The number of methoxy groups -OCH3 is 1. The highest BCUT2D eigenvalue weighted by molar-refractivity contribution is 6.13. The Morgan fingerprint density at radius 3 is 2.43 bits per heavy atom. The SMILES string of the molecule is COc1ccccc1CNC(=O)C1(C(=O)Nc2c(C)cccc2C(C)C)CC1. The number of rotatable bonds is 7. The molecular weight excluding hydrogens is 352 g/mol. The molecule has 2 amide bonds. The Morgan fingerprint density at radius 2 is 1.79 bits per heavy atom. The molecule has 0 radical (unpaired) electrons. The van der Waals surface area contributed by atoms with Gasteiger partial charge in [-0.3, -0.25) is 9.59 Å². The maximum atomic E-state index is 13.0. The Kier molecular flexibility index (Phi) is 5.73. The van der Waals surface area contributed by atoms with E-state index >= 15 is 0 Å². The number of hydrogen-bond acceptors (Lipinski definition) is 3. The maximum Gasteiger partial charge on any atom is 0.240 e. The molecule has 2 aromatic rings. The lowest BCUT2D eigenvalue weighted by Gasteiger charge is -2.20. The number of carbonyl (C=O) groups excluding carboxylic acids is 2. The number of ether oxygens (including phenoxy) is 1. The molecule has 0 unspecified atom stereocenters. The average molecular weight is 380 g/mol. The minimum Gasteiger partial charge on any atom is -0.496 e. The first-order valence-corrected chi connectivity index (χ1v) is 9.70. The van der Waals surface area contributed by atoms with E-state index in [1.165, 1.54) is 0 Å². The van der Waals surface area contributed by atoms with Crippen LogP contribution in [0.2, 0.25) is 0 Å². The lowest BCUT2D eigenvalue weighted by Crippen LogP contribution is -2.40. The zero-order valence-electron chi connectivity index (χ0n) is 17.0. The summed E-state index contributed by atoms with van der Waals surface area (Å²) >= 11 is 0. The van der Waals surface area contributed by atoms with Gasteiger partial charge in [0.05, 0.1) is 7.11 Å². The molecule has 0 aromatic heterocycles. The summed E-state index contributed by atoms with van der Waals surface area (Å²) < 4.78 is 5.32. The predicted octanol–water partition coefficient (Wildman–Crippen LogP) is 4.16. The minimum atomic E-state index is -0.974. The Balaban J connectivity index is 1.71. The van der Waals surface area contributed by atoms with Gasteiger partial charge < -0.3 is 15.4 Å². The molecule has 1 aliphatic rings. The van der Waals surface area contributed by atoms with Crippen LogP contribution in [0.1, 0.15) is 49.3 Å². The summed E-state index contributed by atoms with van der Waals surface area (Å²) in [7, 11) is 1.60. The molecule has 0 aliphatic heterocycles. The van der Waals surface area contributed by atoms with Crippen molar-refractivity contribution in [1.82, 2.24) is 5.32 Å². The number of benzene rings is 2. The fourth-order valence-corrected chi connectivity index (χ4v) is 3.45. The molecule has 28 heavy (non-hydrogen) atoms. The first-order chi connectivity index (χ1) is 13.4. The average Bonchev–Trinajstić information content (AvgIpc) is 3.49. The van der Waals surface area contributed by atoms with Crippen LogP contribution in [0.5, 0.6) is 5.75 Å². The van der Waals surface area contributed by atoms with Gasteiger partial charge in [-0.15, -0.1) is 0 Å². The van der Waals surface area contributed by atoms with Crippen LogP contribution in [0.25, 0.3) is 0 Å². The molecule has 2 aromatic carbocycles. The van der Waals surface area contributed by atoms with Gasteiger partial charge >= 0.3 is 0 Å². The van der Waals surface area contributed by atoms with E-state index in [1.807, 2.05) is 49.4 Å². The molecule has 1 saturated carbocycles. The predicted molar refractivity (Wildman–Crippen MR) is 110 cm³/mol. The van der Waals surface area contributed by atoms with Gasteiger partial charge in [0.25, 0.3) is 0 Å². The van der Waals surface area contributed by atoms with Crippen molar-refractivity contribution in [1.29, 1.82) is 0 Å². The number of amides is 2. The van der Waals surface area contributed by atoms with Crippen molar-refractivity contribution in [2.75, 3.05) is 12.4 Å². The molecule has 0 spiro atoms. The molecule has 2 N–H and O–H groups in total. The standard InChI is InChI=1S/C23H28N2O3/c1-15(2)18-10-7-8-16(3)20(18)25-22(27)23(12-13-23)21(26)24-14-17-9-5-6-11-19(17)28-4/h5-11,15H,12-14H2,1-4H3,(H,24,26)(H,25,27). The van der Waals surface area contributed by atoms with Crippen molar-refractivity contribution in [2.24, 2.45) is 5.41 Å². The second-order valence-corrected chi connectivity index (χ2v) is 7.72. The van der Waals surface area contributed by atoms with E-state index in [4.69, 9.17) is 4.74 Å². The first-order valence-electron chi connectivity index (χ1n) is 9.70. The molecule has 3 rings (SSSR count). The van der Waals surface area contributed by atoms with Gasteiger partial charge in [0.2, 0.25) is 11.8 Å². The Morgan fingerprint density at radius 1 is 1.07 bits per heavy atom.